The fraction of sp³-hybridized carbons (Fsp3) is 0.250. The molecule has 0 saturated carbocycles. The lowest BCUT2D eigenvalue weighted by Gasteiger charge is -2.23. The van der Waals surface area contributed by atoms with E-state index in [1.807, 2.05) is 48.5 Å². The van der Waals surface area contributed by atoms with Crippen LogP contribution in [0.2, 0.25) is 0 Å². The fourth-order valence-electron chi connectivity index (χ4n) is 3.73. The zero-order chi connectivity index (χ0) is 21.6. The number of morpholine rings is 1. The van der Waals surface area contributed by atoms with Gasteiger partial charge in [-0.2, -0.15) is 0 Å². The van der Waals surface area contributed by atoms with Crippen molar-refractivity contribution in [2.45, 2.75) is 6.54 Å². The Morgan fingerprint density at radius 2 is 1.74 bits per heavy atom. The topological polar surface area (TPSA) is 64.0 Å². The lowest BCUT2D eigenvalue weighted by atomic mass is 10.1. The number of quaternary nitrogens is 1. The van der Waals surface area contributed by atoms with Crippen LogP contribution < -0.4 is 20.3 Å². The third kappa shape index (κ3) is 5.38. The first kappa shape index (κ1) is 21.2. The summed E-state index contributed by atoms with van der Waals surface area (Å²) in [5.41, 5.74) is 2.53. The molecule has 1 saturated heterocycles. The highest BCUT2D eigenvalue weighted by Gasteiger charge is 2.16. The monoisotopic (exact) mass is 436 g/mol. The molecule has 1 aliphatic heterocycles. The lowest BCUT2D eigenvalue weighted by molar-refractivity contribution is -0.921. The number of thiocarbonyl (C=S) groups is 1. The molecule has 0 bridgehead atoms. The van der Waals surface area contributed by atoms with E-state index in [9.17, 15) is 4.79 Å². The van der Waals surface area contributed by atoms with Gasteiger partial charge in [0.1, 0.15) is 25.4 Å². The Hall–Kier alpha value is -3.00. The molecular weight excluding hydrogens is 410 g/mol. The van der Waals surface area contributed by atoms with E-state index in [1.165, 1.54) is 10.5 Å². The summed E-state index contributed by atoms with van der Waals surface area (Å²) in [6, 6.07) is 19.6. The number of amides is 1. The maximum absolute atomic E-state index is 12.8. The molecule has 1 amide bonds. The molecule has 3 aromatic carbocycles. The molecule has 31 heavy (non-hydrogen) atoms. The lowest BCUT2D eigenvalue weighted by Crippen LogP contribution is -3.12. The van der Waals surface area contributed by atoms with E-state index in [0.29, 0.717) is 11.3 Å². The molecule has 0 spiro atoms. The van der Waals surface area contributed by atoms with E-state index in [1.54, 1.807) is 7.11 Å². The van der Waals surface area contributed by atoms with E-state index in [-0.39, 0.29) is 11.0 Å². The number of methoxy groups -OCH3 is 1. The van der Waals surface area contributed by atoms with Crippen LogP contribution in [-0.2, 0) is 11.3 Å². The first-order valence-electron chi connectivity index (χ1n) is 10.3. The van der Waals surface area contributed by atoms with Gasteiger partial charge in [-0.1, -0.05) is 36.4 Å². The largest absolute Gasteiger partial charge is 0.496 e. The van der Waals surface area contributed by atoms with Gasteiger partial charge in [-0.3, -0.25) is 10.1 Å². The summed E-state index contributed by atoms with van der Waals surface area (Å²) in [5, 5.41) is 8.04. The van der Waals surface area contributed by atoms with Gasteiger partial charge >= 0.3 is 0 Å². The van der Waals surface area contributed by atoms with Crippen LogP contribution in [0, 0.1) is 0 Å². The molecule has 7 heteroatoms. The van der Waals surface area contributed by atoms with Gasteiger partial charge in [0.25, 0.3) is 5.91 Å². The zero-order valence-electron chi connectivity index (χ0n) is 17.4. The van der Waals surface area contributed by atoms with Crippen LogP contribution >= 0.6 is 12.2 Å². The van der Waals surface area contributed by atoms with Gasteiger partial charge in [0.05, 0.1) is 25.9 Å². The number of carbonyl (C=O) groups is 1. The van der Waals surface area contributed by atoms with Crippen molar-refractivity contribution in [3.63, 3.8) is 0 Å². The highest BCUT2D eigenvalue weighted by Crippen LogP contribution is 2.26. The summed E-state index contributed by atoms with van der Waals surface area (Å²) >= 11 is 5.35. The number of anilines is 1. The molecule has 0 atom stereocenters. The van der Waals surface area contributed by atoms with Gasteiger partial charge in [-0.25, -0.2) is 0 Å². The van der Waals surface area contributed by atoms with E-state index in [0.717, 1.165) is 49.3 Å². The molecule has 0 unspecified atom stereocenters. The number of hydrogen-bond donors (Lipinski definition) is 3. The number of hydrogen-bond acceptors (Lipinski definition) is 4. The van der Waals surface area contributed by atoms with Crippen molar-refractivity contribution < 1.29 is 19.2 Å². The van der Waals surface area contributed by atoms with Gasteiger partial charge in [0.2, 0.25) is 0 Å². The third-order valence-corrected chi connectivity index (χ3v) is 5.61. The number of nitrogens with one attached hydrogen (secondary N) is 3. The molecule has 0 aliphatic carbocycles. The third-order valence-electron chi connectivity index (χ3n) is 5.41. The minimum atomic E-state index is -0.312. The number of carbonyl (C=O) groups excluding carboxylic acids is 1. The maximum Gasteiger partial charge on any atom is 0.261 e. The molecule has 160 valence electrons. The highest BCUT2D eigenvalue weighted by molar-refractivity contribution is 7.80. The van der Waals surface area contributed by atoms with Crippen LogP contribution in [-0.4, -0.2) is 44.4 Å². The number of benzene rings is 3. The zero-order valence-corrected chi connectivity index (χ0v) is 18.3. The first-order valence-corrected chi connectivity index (χ1v) is 10.7. The van der Waals surface area contributed by atoms with Crippen LogP contribution in [0.25, 0.3) is 10.8 Å². The van der Waals surface area contributed by atoms with Gasteiger partial charge in [0.15, 0.2) is 5.11 Å². The quantitative estimate of drug-likeness (QED) is 0.536. The van der Waals surface area contributed by atoms with Crippen LogP contribution in [0.5, 0.6) is 5.75 Å². The number of rotatable bonds is 5. The molecular formula is C24H26N3O3S+. The average Bonchev–Trinajstić information content (AvgIpc) is 2.80. The van der Waals surface area contributed by atoms with E-state index >= 15 is 0 Å². The van der Waals surface area contributed by atoms with Crippen molar-refractivity contribution in [2.75, 3.05) is 38.7 Å². The predicted molar refractivity (Wildman–Crippen MR) is 126 cm³/mol. The second kappa shape index (κ2) is 9.87. The summed E-state index contributed by atoms with van der Waals surface area (Å²) in [5.74, 6) is 0.196. The van der Waals surface area contributed by atoms with E-state index in [4.69, 9.17) is 21.7 Å². The van der Waals surface area contributed by atoms with Crippen molar-refractivity contribution in [1.82, 2.24) is 5.32 Å². The number of ether oxygens (including phenoxy) is 2. The van der Waals surface area contributed by atoms with Crippen molar-refractivity contribution in [3.8, 4) is 5.75 Å². The van der Waals surface area contributed by atoms with Crippen molar-refractivity contribution in [1.29, 1.82) is 0 Å². The Morgan fingerprint density at radius 1 is 1.06 bits per heavy atom. The Kier molecular flexibility index (Phi) is 6.76. The van der Waals surface area contributed by atoms with E-state index < -0.39 is 0 Å². The van der Waals surface area contributed by atoms with Crippen LogP contribution in [0.4, 0.5) is 5.69 Å². The second-order valence-electron chi connectivity index (χ2n) is 7.54. The van der Waals surface area contributed by atoms with Crippen LogP contribution in [0.3, 0.4) is 0 Å². The normalized spacial score (nSPS) is 14.2. The molecule has 1 fully saturated rings. The average molecular weight is 437 g/mol. The van der Waals surface area contributed by atoms with Gasteiger partial charge in [-0.05, 0) is 47.3 Å². The Balaban J connectivity index is 1.38. The smallest absolute Gasteiger partial charge is 0.261 e. The first-order chi connectivity index (χ1) is 15.1. The summed E-state index contributed by atoms with van der Waals surface area (Å²) in [4.78, 5) is 14.3. The Morgan fingerprint density at radius 3 is 2.42 bits per heavy atom. The van der Waals surface area contributed by atoms with Crippen molar-refractivity contribution in [3.05, 3.63) is 71.8 Å². The van der Waals surface area contributed by atoms with Gasteiger partial charge in [0, 0.05) is 11.3 Å². The summed E-state index contributed by atoms with van der Waals surface area (Å²) in [7, 11) is 1.55. The molecule has 6 nitrogen and oxygen atoms in total. The van der Waals surface area contributed by atoms with Crippen LogP contribution in [0.15, 0.2) is 60.7 Å². The van der Waals surface area contributed by atoms with Crippen molar-refractivity contribution in [2.24, 2.45) is 0 Å². The summed E-state index contributed by atoms with van der Waals surface area (Å²) in [6.07, 6.45) is 0. The highest BCUT2D eigenvalue weighted by atomic mass is 32.1. The SMILES string of the molecule is COc1cc2ccccc2cc1C(=O)NC(=S)Nc1ccc(C[NH+]2CCOCC2)cc1. The summed E-state index contributed by atoms with van der Waals surface area (Å²) < 4.78 is 10.8. The molecule has 4 rings (SSSR count). The Labute approximate surface area is 187 Å². The molecule has 0 aromatic heterocycles. The Bertz CT molecular complexity index is 1080. The maximum atomic E-state index is 12.8. The molecule has 3 N–H and O–H groups in total. The second-order valence-corrected chi connectivity index (χ2v) is 7.95. The number of fused-ring (bicyclic) bond motifs is 1. The minimum absolute atomic E-state index is 0.242. The minimum Gasteiger partial charge on any atom is -0.496 e. The van der Waals surface area contributed by atoms with Gasteiger partial charge in [-0.15, -0.1) is 0 Å². The standard InChI is InChI=1S/C24H25N3O3S/c1-29-22-15-19-5-3-2-4-18(19)14-21(22)23(28)26-24(31)25-20-8-6-17(7-9-20)16-27-10-12-30-13-11-27/h2-9,14-15H,10-13,16H2,1H3,(H2,25,26,28,31)/p+1. The summed E-state index contributed by atoms with van der Waals surface area (Å²) in [6.45, 7) is 4.70. The predicted octanol–water partition coefficient (Wildman–Crippen LogP) is 2.39. The molecule has 0 radical (unpaired) electrons. The molecule has 1 aliphatic rings. The van der Waals surface area contributed by atoms with Crippen LogP contribution in [0.1, 0.15) is 15.9 Å². The van der Waals surface area contributed by atoms with Gasteiger partial charge < -0.3 is 19.7 Å². The molecule has 1 heterocycles. The fourth-order valence-corrected chi connectivity index (χ4v) is 3.94. The van der Waals surface area contributed by atoms with E-state index in [2.05, 4.69) is 22.8 Å². The molecule has 3 aromatic rings. The van der Waals surface area contributed by atoms with Crippen molar-refractivity contribution >= 4 is 39.7 Å².